The second kappa shape index (κ2) is 7.31. The van der Waals surface area contributed by atoms with Gasteiger partial charge in [-0.1, -0.05) is 26.3 Å². The molecule has 8 heteroatoms. The number of halogens is 3. The van der Waals surface area contributed by atoms with Crippen LogP contribution in [0, 0.1) is 30.3 Å². The molecule has 138 valence electrons. The molecule has 2 heterocycles. The van der Waals surface area contributed by atoms with Crippen molar-refractivity contribution < 1.29 is 13.2 Å². The normalized spacial score (nSPS) is 12.5. The highest BCUT2D eigenvalue weighted by Gasteiger charge is 2.21. The summed E-state index contributed by atoms with van der Waals surface area (Å²) in [6.45, 7) is 5.85. The zero-order chi connectivity index (χ0) is 18.8. The maximum Gasteiger partial charge on any atom is 0.182 e. The van der Waals surface area contributed by atoms with Crippen LogP contribution in [0.5, 0.6) is 0 Å². The standard InChI is InChI=1S/C18H20F3N5/c1-4-10(2)7-15-22-18(17-16(21)11(3)23-24-17)26(25-15)9-12-5-6-13(19)14(20)8-12/h5-6,8,10H,4,7,9H2,1-3H3,(H,23,24). The number of aromatic amines is 1. The average molecular weight is 363 g/mol. The topological polar surface area (TPSA) is 59.4 Å². The summed E-state index contributed by atoms with van der Waals surface area (Å²) in [5, 5.41) is 11.0. The average Bonchev–Trinajstić information content (AvgIpc) is 3.14. The lowest BCUT2D eigenvalue weighted by Gasteiger charge is -2.05. The van der Waals surface area contributed by atoms with Crippen LogP contribution in [0.25, 0.3) is 11.5 Å². The quantitative estimate of drug-likeness (QED) is 0.719. The second-order valence-electron chi connectivity index (χ2n) is 6.49. The van der Waals surface area contributed by atoms with E-state index in [2.05, 4.69) is 34.1 Å². The third-order valence-corrected chi connectivity index (χ3v) is 4.34. The van der Waals surface area contributed by atoms with Gasteiger partial charge in [0.1, 0.15) is 0 Å². The number of aromatic nitrogens is 5. The molecular formula is C18H20F3N5. The fraction of sp³-hybridized carbons (Fsp3) is 0.389. The highest BCUT2D eigenvalue weighted by molar-refractivity contribution is 5.51. The Bertz CT molecular complexity index is 916. The Balaban J connectivity index is 2.00. The third kappa shape index (κ3) is 3.63. The van der Waals surface area contributed by atoms with Crippen LogP contribution >= 0.6 is 0 Å². The van der Waals surface area contributed by atoms with E-state index in [0.717, 1.165) is 18.6 Å². The van der Waals surface area contributed by atoms with Gasteiger partial charge in [0, 0.05) is 6.42 Å². The molecule has 1 N–H and O–H groups in total. The van der Waals surface area contributed by atoms with Gasteiger partial charge in [0.25, 0.3) is 0 Å². The van der Waals surface area contributed by atoms with E-state index >= 15 is 0 Å². The Morgan fingerprint density at radius 2 is 1.96 bits per heavy atom. The van der Waals surface area contributed by atoms with E-state index in [1.54, 1.807) is 6.92 Å². The number of benzene rings is 1. The van der Waals surface area contributed by atoms with Crippen molar-refractivity contribution in [1.82, 2.24) is 25.0 Å². The molecule has 3 aromatic rings. The van der Waals surface area contributed by atoms with Gasteiger partial charge in [-0.25, -0.2) is 22.8 Å². The number of hydrogen-bond donors (Lipinski definition) is 1. The molecule has 0 amide bonds. The van der Waals surface area contributed by atoms with Gasteiger partial charge in [-0.15, -0.1) is 0 Å². The van der Waals surface area contributed by atoms with Crippen LogP contribution < -0.4 is 0 Å². The van der Waals surface area contributed by atoms with Crippen molar-refractivity contribution >= 4 is 0 Å². The number of H-pyrrole nitrogens is 1. The minimum atomic E-state index is -0.939. The molecule has 26 heavy (non-hydrogen) atoms. The van der Waals surface area contributed by atoms with Gasteiger partial charge >= 0.3 is 0 Å². The summed E-state index contributed by atoms with van der Waals surface area (Å²) in [6.07, 6.45) is 1.60. The van der Waals surface area contributed by atoms with Gasteiger partial charge in [-0.2, -0.15) is 10.2 Å². The molecule has 0 aliphatic carbocycles. The first-order chi connectivity index (χ1) is 12.4. The maximum absolute atomic E-state index is 14.3. The first-order valence-electron chi connectivity index (χ1n) is 8.47. The third-order valence-electron chi connectivity index (χ3n) is 4.34. The van der Waals surface area contributed by atoms with Crippen molar-refractivity contribution in [2.45, 2.75) is 40.2 Å². The van der Waals surface area contributed by atoms with E-state index in [9.17, 15) is 13.2 Å². The first kappa shape index (κ1) is 18.2. The Labute approximate surface area is 149 Å². The van der Waals surface area contributed by atoms with Gasteiger partial charge in [0.2, 0.25) is 0 Å². The van der Waals surface area contributed by atoms with Crippen molar-refractivity contribution in [3.63, 3.8) is 0 Å². The van der Waals surface area contributed by atoms with Crippen LogP contribution in [0.4, 0.5) is 13.2 Å². The summed E-state index contributed by atoms with van der Waals surface area (Å²) in [6, 6.07) is 3.62. The molecule has 1 unspecified atom stereocenters. The predicted octanol–water partition coefficient (Wildman–Crippen LogP) is 4.03. The first-order valence-corrected chi connectivity index (χ1v) is 8.47. The Morgan fingerprint density at radius 1 is 1.19 bits per heavy atom. The highest BCUT2D eigenvalue weighted by Crippen LogP contribution is 2.23. The van der Waals surface area contributed by atoms with E-state index in [-0.39, 0.29) is 18.1 Å². The molecule has 3 rings (SSSR count). The zero-order valence-corrected chi connectivity index (χ0v) is 14.9. The fourth-order valence-corrected chi connectivity index (χ4v) is 2.59. The molecule has 0 saturated carbocycles. The van der Waals surface area contributed by atoms with Crippen LogP contribution in [0.3, 0.4) is 0 Å². The van der Waals surface area contributed by atoms with Crippen molar-refractivity contribution in [3.05, 3.63) is 52.7 Å². The Hall–Kier alpha value is -2.64. The highest BCUT2D eigenvalue weighted by atomic mass is 19.2. The monoisotopic (exact) mass is 363 g/mol. The molecule has 5 nitrogen and oxygen atoms in total. The molecular weight excluding hydrogens is 343 g/mol. The summed E-state index contributed by atoms with van der Waals surface area (Å²) in [7, 11) is 0. The summed E-state index contributed by atoms with van der Waals surface area (Å²) >= 11 is 0. The number of rotatable bonds is 6. The van der Waals surface area contributed by atoms with E-state index in [4.69, 9.17) is 0 Å². The molecule has 0 aliphatic rings. The number of aryl methyl sites for hydroxylation is 1. The summed E-state index contributed by atoms with van der Waals surface area (Å²) in [4.78, 5) is 4.44. The SMILES string of the molecule is CCC(C)Cc1nc(-c2n[nH]c(C)c2F)n(Cc2ccc(F)c(F)c2)n1. The lowest BCUT2D eigenvalue weighted by Crippen LogP contribution is -2.06. The summed E-state index contributed by atoms with van der Waals surface area (Å²) in [5.41, 5.74) is 0.858. The van der Waals surface area contributed by atoms with E-state index in [0.29, 0.717) is 29.4 Å². The number of nitrogens with zero attached hydrogens (tertiary/aromatic N) is 4. The largest absolute Gasteiger partial charge is 0.279 e. The molecule has 2 aromatic heterocycles. The molecule has 0 radical (unpaired) electrons. The summed E-state index contributed by atoms with van der Waals surface area (Å²) in [5.74, 6) is -1.16. The van der Waals surface area contributed by atoms with E-state index in [1.165, 1.54) is 10.7 Å². The second-order valence-corrected chi connectivity index (χ2v) is 6.49. The van der Waals surface area contributed by atoms with Gasteiger partial charge < -0.3 is 0 Å². The van der Waals surface area contributed by atoms with Crippen molar-refractivity contribution in [3.8, 4) is 11.5 Å². The van der Waals surface area contributed by atoms with E-state index < -0.39 is 17.5 Å². The van der Waals surface area contributed by atoms with Crippen LogP contribution in [0.2, 0.25) is 0 Å². The Kier molecular flexibility index (Phi) is 5.11. The molecule has 0 bridgehead atoms. The van der Waals surface area contributed by atoms with Crippen molar-refractivity contribution in [2.24, 2.45) is 5.92 Å². The Morgan fingerprint density at radius 3 is 2.58 bits per heavy atom. The number of nitrogens with one attached hydrogen (secondary N) is 1. The van der Waals surface area contributed by atoms with E-state index in [1.807, 2.05) is 0 Å². The predicted molar refractivity (Wildman–Crippen MR) is 90.9 cm³/mol. The maximum atomic E-state index is 14.3. The van der Waals surface area contributed by atoms with Gasteiger partial charge in [0.15, 0.2) is 34.8 Å². The lowest BCUT2D eigenvalue weighted by molar-refractivity contribution is 0.505. The van der Waals surface area contributed by atoms with Crippen molar-refractivity contribution in [2.75, 3.05) is 0 Å². The minimum Gasteiger partial charge on any atom is -0.279 e. The summed E-state index contributed by atoms with van der Waals surface area (Å²) < 4.78 is 42.5. The van der Waals surface area contributed by atoms with Gasteiger partial charge in [-0.3, -0.25) is 5.10 Å². The fourth-order valence-electron chi connectivity index (χ4n) is 2.59. The van der Waals surface area contributed by atoms with Gasteiger partial charge in [-0.05, 0) is 30.5 Å². The minimum absolute atomic E-state index is 0.0629. The molecule has 0 spiro atoms. The number of hydrogen-bond acceptors (Lipinski definition) is 3. The van der Waals surface area contributed by atoms with Crippen LogP contribution in [0.1, 0.15) is 37.4 Å². The zero-order valence-electron chi connectivity index (χ0n) is 14.9. The molecule has 0 aliphatic heterocycles. The molecule has 0 fully saturated rings. The van der Waals surface area contributed by atoms with Crippen LogP contribution in [-0.2, 0) is 13.0 Å². The van der Waals surface area contributed by atoms with Gasteiger partial charge in [0.05, 0.1) is 12.2 Å². The molecule has 1 aromatic carbocycles. The smallest absolute Gasteiger partial charge is 0.182 e. The van der Waals surface area contributed by atoms with Crippen LogP contribution in [0.15, 0.2) is 18.2 Å². The lowest BCUT2D eigenvalue weighted by atomic mass is 10.1. The van der Waals surface area contributed by atoms with Crippen LogP contribution in [-0.4, -0.2) is 25.0 Å². The van der Waals surface area contributed by atoms with Crippen molar-refractivity contribution in [1.29, 1.82) is 0 Å². The molecule has 1 atom stereocenters. The molecule has 0 saturated heterocycles.